The second kappa shape index (κ2) is 6.08. The molecular formula is C15H12N6O2. The Bertz CT molecular complexity index is 909. The summed E-state index contributed by atoms with van der Waals surface area (Å²) in [6.45, 7) is 0. The first kappa shape index (κ1) is 14.4. The maximum atomic E-state index is 12.5. The van der Waals surface area contributed by atoms with Crippen LogP contribution in [0.25, 0.3) is 21.5 Å². The van der Waals surface area contributed by atoms with Crippen LogP contribution in [0.5, 0.6) is 5.75 Å². The monoisotopic (exact) mass is 308 g/mol. The molecule has 3 aromatic rings. The molecule has 3 rings (SSSR count). The van der Waals surface area contributed by atoms with Crippen molar-refractivity contribution >= 4 is 28.7 Å². The minimum absolute atomic E-state index is 0.0142. The summed E-state index contributed by atoms with van der Waals surface area (Å²) in [7, 11) is 1.57. The first-order chi connectivity index (χ1) is 11.2. The number of methoxy groups -OCH3 is 1. The second-order valence-electron chi connectivity index (χ2n) is 4.58. The van der Waals surface area contributed by atoms with Gasteiger partial charge in [0, 0.05) is 10.6 Å². The number of rotatable bonds is 3. The van der Waals surface area contributed by atoms with Gasteiger partial charge in [0.05, 0.1) is 18.1 Å². The molecule has 0 bridgehead atoms. The molecule has 0 atom stereocenters. The molecule has 8 nitrogen and oxygen atoms in total. The summed E-state index contributed by atoms with van der Waals surface area (Å²) in [5.41, 5.74) is 10.4. The van der Waals surface area contributed by atoms with Gasteiger partial charge in [0.1, 0.15) is 5.75 Å². The van der Waals surface area contributed by atoms with Crippen LogP contribution in [-0.2, 0) is 0 Å². The smallest absolute Gasteiger partial charge is 0.332 e. The number of aromatic nitrogens is 2. The number of imidazole rings is 1. The zero-order valence-electron chi connectivity index (χ0n) is 12.2. The van der Waals surface area contributed by atoms with Crippen LogP contribution in [0.2, 0.25) is 0 Å². The highest BCUT2D eigenvalue weighted by Gasteiger charge is 2.15. The molecule has 8 heteroatoms. The molecule has 2 aromatic carbocycles. The van der Waals surface area contributed by atoms with Crippen LogP contribution >= 0.6 is 0 Å². The Morgan fingerprint density at radius 1 is 1.26 bits per heavy atom. The minimum Gasteiger partial charge on any atom is -0.497 e. The number of anilines is 1. The highest BCUT2D eigenvalue weighted by molar-refractivity contribution is 5.99. The van der Waals surface area contributed by atoms with Gasteiger partial charge in [0.2, 0.25) is 5.95 Å². The van der Waals surface area contributed by atoms with Crippen molar-refractivity contribution in [2.45, 2.75) is 0 Å². The molecule has 23 heavy (non-hydrogen) atoms. The molecule has 0 aliphatic carbocycles. The van der Waals surface area contributed by atoms with E-state index in [0.717, 1.165) is 0 Å². The van der Waals surface area contributed by atoms with Crippen LogP contribution in [0.1, 0.15) is 0 Å². The number of amides is 1. The summed E-state index contributed by atoms with van der Waals surface area (Å²) in [4.78, 5) is 19.4. The number of carbonyl (C=O) groups is 1. The average Bonchev–Trinajstić information content (AvgIpc) is 2.94. The van der Waals surface area contributed by atoms with E-state index in [-0.39, 0.29) is 5.95 Å². The lowest BCUT2D eigenvalue weighted by molar-refractivity contribution is 0.254. The van der Waals surface area contributed by atoms with Crippen molar-refractivity contribution < 1.29 is 9.53 Å². The largest absolute Gasteiger partial charge is 0.497 e. The number of fused-ring (bicyclic) bond motifs is 1. The van der Waals surface area contributed by atoms with Crippen molar-refractivity contribution in [3.8, 4) is 5.75 Å². The zero-order chi connectivity index (χ0) is 16.2. The summed E-state index contributed by atoms with van der Waals surface area (Å²) < 4.78 is 6.31. The van der Waals surface area contributed by atoms with Crippen LogP contribution in [0.15, 0.2) is 53.6 Å². The lowest BCUT2D eigenvalue weighted by atomic mass is 10.3. The Kier molecular flexibility index (Phi) is 3.82. The molecule has 0 aliphatic rings. The molecule has 1 amide bonds. The number of para-hydroxylation sites is 2. The molecule has 114 valence electrons. The van der Waals surface area contributed by atoms with Gasteiger partial charge in [-0.3, -0.25) is 0 Å². The minimum atomic E-state index is -0.466. The highest BCUT2D eigenvalue weighted by Crippen LogP contribution is 2.23. The normalized spacial score (nSPS) is 10.1. The Balaban J connectivity index is 1.99. The fraction of sp³-hybridized carbons (Fsp3) is 0.0667. The summed E-state index contributed by atoms with van der Waals surface area (Å²) in [6.07, 6.45) is 0. The zero-order valence-corrected chi connectivity index (χ0v) is 12.2. The number of ether oxygens (including phenoxy) is 1. The van der Waals surface area contributed by atoms with E-state index in [4.69, 9.17) is 10.3 Å². The third-order valence-electron chi connectivity index (χ3n) is 3.22. The third-order valence-corrected chi connectivity index (χ3v) is 3.22. The Morgan fingerprint density at radius 3 is 2.70 bits per heavy atom. The first-order valence-corrected chi connectivity index (χ1v) is 6.71. The number of hydrogen-bond donors (Lipinski definition) is 1. The van der Waals surface area contributed by atoms with E-state index < -0.39 is 6.03 Å². The van der Waals surface area contributed by atoms with E-state index >= 15 is 0 Å². The molecule has 0 fully saturated rings. The quantitative estimate of drug-likeness (QED) is 0.448. The number of hydrogen-bond acceptors (Lipinski definition) is 4. The number of nitrogens with zero attached hydrogens (tertiary/aromatic N) is 5. The number of azide groups is 1. The lowest BCUT2D eigenvalue weighted by Crippen LogP contribution is -2.18. The van der Waals surface area contributed by atoms with E-state index in [1.54, 1.807) is 55.6 Å². The molecular weight excluding hydrogens is 296 g/mol. The van der Waals surface area contributed by atoms with Gasteiger partial charge in [-0.15, -0.1) is 0 Å². The predicted octanol–water partition coefficient (Wildman–Crippen LogP) is 4.07. The molecule has 0 saturated carbocycles. The van der Waals surface area contributed by atoms with Crippen molar-refractivity contribution in [3.05, 3.63) is 59.0 Å². The molecule has 1 aromatic heterocycles. The number of benzene rings is 2. The Labute approximate surface area is 130 Å². The lowest BCUT2D eigenvalue weighted by Gasteiger charge is -2.08. The van der Waals surface area contributed by atoms with Crippen LogP contribution in [-0.4, -0.2) is 22.7 Å². The van der Waals surface area contributed by atoms with E-state index in [9.17, 15) is 4.79 Å². The van der Waals surface area contributed by atoms with Crippen LogP contribution in [0.3, 0.4) is 0 Å². The maximum Gasteiger partial charge on any atom is 0.332 e. The Hall–Kier alpha value is -3.51. The van der Waals surface area contributed by atoms with Gasteiger partial charge in [-0.05, 0) is 47.0 Å². The highest BCUT2D eigenvalue weighted by atomic mass is 16.5. The average molecular weight is 308 g/mol. The number of nitrogens with one attached hydrogen (secondary N) is 1. The van der Waals surface area contributed by atoms with Gasteiger partial charge in [0.15, 0.2) is 0 Å². The van der Waals surface area contributed by atoms with Gasteiger partial charge < -0.3 is 10.1 Å². The van der Waals surface area contributed by atoms with Crippen LogP contribution in [0.4, 0.5) is 16.4 Å². The molecule has 1 heterocycles. The SMILES string of the molecule is COc1ccc(NC(=O)n2c(N=[N+]=[N-])nc3ccccc32)cc1. The van der Waals surface area contributed by atoms with Crippen molar-refractivity contribution in [1.82, 2.24) is 9.55 Å². The molecule has 1 N–H and O–H groups in total. The molecule has 0 saturated heterocycles. The summed E-state index contributed by atoms with van der Waals surface area (Å²) >= 11 is 0. The summed E-state index contributed by atoms with van der Waals surface area (Å²) in [5, 5.41) is 6.22. The second-order valence-corrected chi connectivity index (χ2v) is 4.58. The van der Waals surface area contributed by atoms with Crippen molar-refractivity contribution in [2.75, 3.05) is 12.4 Å². The fourth-order valence-electron chi connectivity index (χ4n) is 2.17. The van der Waals surface area contributed by atoms with E-state index in [1.165, 1.54) is 4.57 Å². The predicted molar refractivity (Wildman–Crippen MR) is 85.9 cm³/mol. The maximum absolute atomic E-state index is 12.5. The van der Waals surface area contributed by atoms with E-state index in [0.29, 0.717) is 22.5 Å². The molecule has 0 radical (unpaired) electrons. The van der Waals surface area contributed by atoms with Gasteiger partial charge in [-0.1, -0.05) is 12.1 Å². The number of carbonyl (C=O) groups excluding carboxylic acids is 1. The van der Waals surface area contributed by atoms with Gasteiger partial charge in [-0.25, -0.2) is 14.3 Å². The standard InChI is InChI=1S/C15H12N6O2/c1-23-11-8-6-10(7-9-11)17-15(22)21-13-5-3-2-4-12(13)18-14(21)19-20-16/h2-9H,1H3,(H,17,22). The fourth-order valence-corrected chi connectivity index (χ4v) is 2.17. The van der Waals surface area contributed by atoms with Gasteiger partial charge in [-0.2, -0.15) is 0 Å². The molecule has 0 spiro atoms. The topological polar surface area (TPSA) is 105 Å². The van der Waals surface area contributed by atoms with Crippen molar-refractivity contribution in [1.29, 1.82) is 0 Å². The summed E-state index contributed by atoms with van der Waals surface area (Å²) in [6, 6.07) is 13.5. The van der Waals surface area contributed by atoms with Crippen LogP contribution < -0.4 is 10.1 Å². The van der Waals surface area contributed by atoms with Gasteiger partial charge >= 0.3 is 6.03 Å². The van der Waals surface area contributed by atoms with E-state index in [2.05, 4.69) is 20.3 Å². The van der Waals surface area contributed by atoms with E-state index in [1.807, 2.05) is 0 Å². The molecule has 0 aliphatic heterocycles. The van der Waals surface area contributed by atoms with Crippen molar-refractivity contribution in [3.63, 3.8) is 0 Å². The summed E-state index contributed by atoms with van der Waals surface area (Å²) in [5.74, 6) is 0.672. The molecule has 0 unspecified atom stereocenters. The van der Waals surface area contributed by atoms with Crippen molar-refractivity contribution in [2.24, 2.45) is 5.11 Å². The van der Waals surface area contributed by atoms with Crippen LogP contribution in [0, 0.1) is 0 Å². The third kappa shape index (κ3) is 2.78. The van der Waals surface area contributed by atoms with Gasteiger partial charge in [0.25, 0.3) is 0 Å². The Morgan fingerprint density at radius 2 is 2.00 bits per heavy atom. The first-order valence-electron chi connectivity index (χ1n) is 6.71.